The fraction of sp³-hybridized carbons (Fsp3) is 0.455. The van der Waals surface area contributed by atoms with E-state index in [1.165, 1.54) is 6.26 Å². The van der Waals surface area contributed by atoms with E-state index in [-0.39, 0.29) is 5.69 Å². The van der Waals surface area contributed by atoms with E-state index in [2.05, 4.69) is 20.4 Å². The van der Waals surface area contributed by atoms with Gasteiger partial charge in [0.05, 0.1) is 18.8 Å². The molecule has 0 saturated heterocycles. The van der Waals surface area contributed by atoms with Crippen LogP contribution in [0.4, 0.5) is 6.01 Å². The molecule has 0 atom stereocenters. The van der Waals surface area contributed by atoms with Crippen molar-refractivity contribution in [3.63, 3.8) is 0 Å². The van der Waals surface area contributed by atoms with Crippen molar-refractivity contribution in [2.45, 2.75) is 19.9 Å². The SMILES string of the molecule is CCOC(=O)c1coc(N2CCc3n[nH]nc3C2)n1. The summed E-state index contributed by atoms with van der Waals surface area (Å²) in [5.41, 5.74) is 2.03. The first-order chi connectivity index (χ1) is 9.28. The van der Waals surface area contributed by atoms with Crippen molar-refractivity contribution in [3.8, 4) is 0 Å². The standard InChI is InChI=1S/C11H13N5O3/c1-2-18-10(17)9-6-19-11(12-9)16-4-3-7-8(5-16)14-15-13-7/h6H,2-5H2,1H3,(H,13,14,15). The molecule has 3 heterocycles. The molecule has 8 heteroatoms. The van der Waals surface area contributed by atoms with Crippen molar-refractivity contribution in [3.05, 3.63) is 23.3 Å². The third-order valence-electron chi connectivity index (χ3n) is 2.91. The second kappa shape index (κ2) is 4.71. The van der Waals surface area contributed by atoms with E-state index in [9.17, 15) is 4.79 Å². The molecule has 0 amide bonds. The summed E-state index contributed by atoms with van der Waals surface area (Å²) in [6, 6.07) is 0.400. The molecule has 0 saturated carbocycles. The quantitative estimate of drug-likeness (QED) is 0.807. The summed E-state index contributed by atoms with van der Waals surface area (Å²) in [5, 5.41) is 10.7. The molecule has 19 heavy (non-hydrogen) atoms. The molecule has 1 aliphatic rings. The number of ether oxygens (including phenoxy) is 1. The topological polar surface area (TPSA) is 97.1 Å². The number of nitrogens with zero attached hydrogens (tertiary/aromatic N) is 4. The molecule has 3 rings (SSSR count). The van der Waals surface area contributed by atoms with Crippen molar-refractivity contribution < 1.29 is 13.9 Å². The number of nitrogens with one attached hydrogen (secondary N) is 1. The molecule has 0 spiro atoms. The highest BCUT2D eigenvalue weighted by Crippen LogP contribution is 2.21. The number of carbonyl (C=O) groups excluding carboxylic acids is 1. The summed E-state index contributed by atoms with van der Waals surface area (Å²) in [4.78, 5) is 17.6. The zero-order valence-corrected chi connectivity index (χ0v) is 10.4. The third kappa shape index (κ3) is 2.16. The first-order valence-electron chi connectivity index (χ1n) is 6.04. The smallest absolute Gasteiger partial charge is 0.360 e. The summed E-state index contributed by atoms with van der Waals surface area (Å²) in [5.74, 6) is -0.475. The number of carbonyl (C=O) groups is 1. The van der Waals surface area contributed by atoms with E-state index < -0.39 is 5.97 Å². The normalized spacial score (nSPS) is 14.3. The summed E-state index contributed by atoms with van der Waals surface area (Å²) >= 11 is 0. The number of H-pyrrole nitrogens is 1. The Kier molecular flexibility index (Phi) is 2.90. The van der Waals surface area contributed by atoms with Crippen molar-refractivity contribution in [2.24, 2.45) is 0 Å². The second-order valence-corrected chi connectivity index (χ2v) is 4.12. The van der Waals surface area contributed by atoms with Gasteiger partial charge in [0, 0.05) is 13.0 Å². The average Bonchev–Trinajstić information content (AvgIpc) is 3.07. The van der Waals surface area contributed by atoms with E-state index in [0.717, 1.165) is 24.4 Å². The monoisotopic (exact) mass is 263 g/mol. The van der Waals surface area contributed by atoms with Crippen LogP contribution in [0.2, 0.25) is 0 Å². The highest BCUT2D eigenvalue weighted by molar-refractivity contribution is 5.87. The Morgan fingerprint density at radius 3 is 3.21 bits per heavy atom. The van der Waals surface area contributed by atoms with Gasteiger partial charge in [-0.25, -0.2) is 4.79 Å². The van der Waals surface area contributed by atoms with Crippen LogP contribution in [0.25, 0.3) is 0 Å². The highest BCUT2D eigenvalue weighted by atomic mass is 16.5. The number of anilines is 1. The largest absolute Gasteiger partial charge is 0.461 e. The van der Waals surface area contributed by atoms with Crippen LogP contribution in [-0.4, -0.2) is 39.5 Å². The van der Waals surface area contributed by atoms with Gasteiger partial charge in [-0.2, -0.15) is 20.4 Å². The first-order valence-corrected chi connectivity index (χ1v) is 6.04. The number of hydrogen-bond donors (Lipinski definition) is 1. The molecule has 1 aliphatic heterocycles. The van der Waals surface area contributed by atoms with Crippen LogP contribution >= 0.6 is 0 Å². The number of aromatic nitrogens is 4. The third-order valence-corrected chi connectivity index (χ3v) is 2.91. The fourth-order valence-corrected chi connectivity index (χ4v) is 1.97. The molecular formula is C11H13N5O3. The lowest BCUT2D eigenvalue weighted by molar-refractivity contribution is 0.0519. The van der Waals surface area contributed by atoms with Crippen molar-refractivity contribution in [1.82, 2.24) is 20.4 Å². The molecular weight excluding hydrogens is 250 g/mol. The van der Waals surface area contributed by atoms with Crippen LogP contribution in [0.3, 0.4) is 0 Å². The average molecular weight is 263 g/mol. The fourth-order valence-electron chi connectivity index (χ4n) is 1.97. The Balaban J connectivity index is 1.75. The molecule has 2 aromatic heterocycles. The van der Waals surface area contributed by atoms with Gasteiger partial charge < -0.3 is 14.1 Å². The van der Waals surface area contributed by atoms with Gasteiger partial charge in [0.1, 0.15) is 12.0 Å². The zero-order chi connectivity index (χ0) is 13.2. The predicted octanol–water partition coefficient (Wildman–Crippen LogP) is 0.532. The predicted molar refractivity (Wildman–Crippen MR) is 63.6 cm³/mol. The number of aromatic amines is 1. The molecule has 0 radical (unpaired) electrons. The summed E-state index contributed by atoms with van der Waals surface area (Å²) in [6.07, 6.45) is 2.08. The second-order valence-electron chi connectivity index (χ2n) is 4.12. The maximum absolute atomic E-state index is 11.5. The van der Waals surface area contributed by atoms with Crippen LogP contribution in [0.1, 0.15) is 28.8 Å². The van der Waals surface area contributed by atoms with E-state index in [1.807, 2.05) is 4.90 Å². The Morgan fingerprint density at radius 2 is 2.37 bits per heavy atom. The molecule has 0 aromatic carbocycles. The van der Waals surface area contributed by atoms with Gasteiger partial charge in [-0.3, -0.25) is 0 Å². The Morgan fingerprint density at radius 1 is 1.53 bits per heavy atom. The molecule has 1 N–H and O–H groups in total. The lowest BCUT2D eigenvalue weighted by Crippen LogP contribution is -2.30. The van der Waals surface area contributed by atoms with Crippen LogP contribution in [0, 0.1) is 0 Å². The number of oxazole rings is 1. The lowest BCUT2D eigenvalue weighted by Gasteiger charge is -2.23. The minimum absolute atomic E-state index is 0.183. The maximum Gasteiger partial charge on any atom is 0.360 e. The molecule has 2 aromatic rings. The first kappa shape index (κ1) is 11.7. The van der Waals surface area contributed by atoms with Crippen molar-refractivity contribution in [2.75, 3.05) is 18.1 Å². The van der Waals surface area contributed by atoms with Crippen LogP contribution < -0.4 is 4.90 Å². The number of rotatable bonds is 3. The molecule has 0 fully saturated rings. The van der Waals surface area contributed by atoms with Gasteiger partial charge >= 0.3 is 5.97 Å². The highest BCUT2D eigenvalue weighted by Gasteiger charge is 2.24. The Labute approximate surface area is 108 Å². The number of hydrogen-bond acceptors (Lipinski definition) is 7. The number of fused-ring (bicyclic) bond motifs is 1. The lowest BCUT2D eigenvalue weighted by atomic mass is 10.1. The van der Waals surface area contributed by atoms with E-state index in [0.29, 0.717) is 19.2 Å². The maximum atomic E-state index is 11.5. The molecule has 0 unspecified atom stereocenters. The molecule has 0 bridgehead atoms. The Bertz CT molecular complexity index is 591. The van der Waals surface area contributed by atoms with Crippen LogP contribution in [0.5, 0.6) is 0 Å². The van der Waals surface area contributed by atoms with Crippen molar-refractivity contribution >= 4 is 12.0 Å². The molecule has 100 valence electrons. The number of esters is 1. The van der Waals surface area contributed by atoms with Crippen LogP contribution in [0.15, 0.2) is 10.7 Å². The van der Waals surface area contributed by atoms with Gasteiger partial charge in [-0.15, -0.1) is 0 Å². The minimum Gasteiger partial charge on any atom is -0.461 e. The zero-order valence-electron chi connectivity index (χ0n) is 10.4. The van der Waals surface area contributed by atoms with Crippen LogP contribution in [-0.2, 0) is 17.7 Å². The van der Waals surface area contributed by atoms with E-state index in [4.69, 9.17) is 9.15 Å². The van der Waals surface area contributed by atoms with E-state index in [1.54, 1.807) is 6.92 Å². The van der Waals surface area contributed by atoms with Gasteiger partial charge in [0.2, 0.25) is 0 Å². The molecule has 0 aliphatic carbocycles. The minimum atomic E-state index is -0.475. The van der Waals surface area contributed by atoms with Gasteiger partial charge in [0.25, 0.3) is 6.01 Å². The summed E-state index contributed by atoms with van der Waals surface area (Å²) < 4.78 is 10.2. The summed E-state index contributed by atoms with van der Waals surface area (Å²) in [7, 11) is 0. The molecule has 8 nitrogen and oxygen atoms in total. The van der Waals surface area contributed by atoms with Gasteiger partial charge in [-0.1, -0.05) is 0 Å². The van der Waals surface area contributed by atoms with Gasteiger partial charge in [0.15, 0.2) is 5.69 Å². The Hall–Kier alpha value is -2.38. The van der Waals surface area contributed by atoms with Crippen molar-refractivity contribution in [1.29, 1.82) is 0 Å². The summed E-state index contributed by atoms with van der Waals surface area (Å²) in [6.45, 7) is 3.35. The van der Waals surface area contributed by atoms with Gasteiger partial charge in [-0.05, 0) is 6.92 Å². The van der Waals surface area contributed by atoms with E-state index >= 15 is 0 Å².